The molecule has 0 aliphatic heterocycles. The van der Waals surface area contributed by atoms with Gasteiger partial charge in [-0.3, -0.25) is 4.79 Å². The Hall–Kier alpha value is -0.880. The Labute approximate surface area is 89.3 Å². The second-order valence-corrected chi connectivity index (χ2v) is 4.85. The van der Waals surface area contributed by atoms with Crippen molar-refractivity contribution in [2.75, 3.05) is 5.75 Å². The van der Waals surface area contributed by atoms with Crippen LogP contribution >= 0.6 is 21.6 Å². The largest absolute Gasteiger partial charge is 0.618 e. The number of carboxylic acid groups (broad SMARTS) is 1. The van der Waals surface area contributed by atoms with Gasteiger partial charge in [0.1, 0.15) is 0 Å². The molecule has 0 aromatic carbocycles. The molecule has 1 aromatic heterocycles. The van der Waals surface area contributed by atoms with Gasteiger partial charge in [0.15, 0.2) is 6.20 Å². The summed E-state index contributed by atoms with van der Waals surface area (Å²) in [5.41, 5.74) is 0. The molecular weight excluding hydrogens is 222 g/mol. The van der Waals surface area contributed by atoms with Gasteiger partial charge in [0, 0.05) is 28.7 Å². The number of aliphatic carboxylic acids is 1. The van der Waals surface area contributed by atoms with Crippen molar-refractivity contribution in [3.05, 3.63) is 29.6 Å². The maximum Gasteiger partial charge on any atom is 0.304 e. The molecule has 0 atom stereocenters. The van der Waals surface area contributed by atoms with Crippen LogP contribution in [0.1, 0.15) is 6.42 Å². The smallest absolute Gasteiger partial charge is 0.304 e. The van der Waals surface area contributed by atoms with E-state index in [9.17, 15) is 10.0 Å². The van der Waals surface area contributed by atoms with Crippen molar-refractivity contribution >= 4 is 27.6 Å². The molecule has 76 valence electrons. The predicted octanol–water partition coefficient (Wildman–Crippen LogP) is 1.53. The Bertz CT molecular complexity index is 319. The number of aromatic nitrogens is 1. The Morgan fingerprint density at radius 3 is 3.00 bits per heavy atom. The minimum Gasteiger partial charge on any atom is -0.618 e. The molecule has 6 heteroatoms. The van der Waals surface area contributed by atoms with Gasteiger partial charge >= 0.3 is 5.97 Å². The average Bonchev–Trinajstić information content (AvgIpc) is 2.15. The summed E-state index contributed by atoms with van der Waals surface area (Å²) in [6.45, 7) is 0. The van der Waals surface area contributed by atoms with Gasteiger partial charge in [0.2, 0.25) is 0 Å². The number of carboxylic acids is 1. The molecule has 0 aliphatic carbocycles. The molecule has 1 aromatic rings. The third-order valence-corrected chi connectivity index (χ3v) is 3.67. The first-order valence-electron chi connectivity index (χ1n) is 3.89. The van der Waals surface area contributed by atoms with Gasteiger partial charge in [-0.05, 0) is 6.07 Å². The van der Waals surface area contributed by atoms with Crippen LogP contribution in [0.3, 0.4) is 0 Å². The molecule has 0 saturated heterocycles. The standard InChI is InChI=1S/C8H9NO3S2/c10-8(11)4-6-13-14-7-3-1-2-5-9(7)12/h1-3,5H,4,6H2,(H,10,11). The van der Waals surface area contributed by atoms with Crippen molar-refractivity contribution in [2.45, 2.75) is 11.4 Å². The van der Waals surface area contributed by atoms with Crippen molar-refractivity contribution in [1.29, 1.82) is 0 Å². The molecule has 1 rings (SSSR count). The molecule has 14 heavy (non-hydrogen) atoms. The molecule has 0 amide bonds. The number of carbonyl (C=O) groups is 1. The molecule has 0 fully saturated rings. The molecule has 0 bridgehead atoms. The fraction of sp³-hybridized carbons (Fsp3) is 0.250. The van der Waals surface area contributed by atoms with Crippen LogP contribution in [0.2, 0.25) is 0 Å². The van der Waals surface area contributed by atoms with E-state index in [0.29, 0.717) is 10.8 Å². The summed E-state index contributed by atoms with van der Waals surface area (Å²) in [7, 11) is 2.66. The highest BCUT2D eigenvalue weighted by molar-refractivity contribution is 8.76. The van der Waals surface area contributed by atoms with Crippen molar-refractivity contribution in [2.24, 2.45) is 0 Å². The molecule has 0 aliphatic rings. The highest BCUT2D eigenvalue weighted by Gasteiger charge is 2.05. The number of hydrogen-bond acceptors (Lipinski definition) is 4. The average molecular weight is 231 g/mol. The van der Waals surface area contributed by atoms with Crippen LogP contribution in [0.25, 0.3) is 0 Å². The van der Waals surface area contributed by atoms with E-state index < -0.39 is 5.97 Å². The Morgan fingerprint density at radius 2 is 2.36 bits per heavy atom. The fourth-order valence-electron chi connectivity index (χ4n) is 0.708. The summed E-state index contributed by atoms with van der Waals surface area (Å²) in [4.78, 5) is 10.2. The van der Waals surface area contributed by atoms with Crippen molar-refractivity contribution in [3.63, 3.8) is 0 Å². The summed E-state index contributed by atoms with van der Waals surface area (Å²) in [5.74, 6) is -0.323. The van der Waals surface area contributed by atoms with Crippen LogP contribution in [0.4, 0.5) is 0 Å². The van der Waals surface area contributed by atoms with Crippen LogP contribution in [-0.4, -0.2) is 16.8 Å². The number of pyridine rings is 1. The van der Waals surface area contributed by atoms with Crippen LogP contribution in [0.15, 0.2) is 29.4 Å². The van der Waals surface area contributed by atoms with Gasteiger partial charge in [0.25, 0.3) is 5.03 Å². The minimum atomic E-state index is -0.818. The lowest BCUT2D eigenvalue weighted by molar-refractivity contribution is -0.645. The van der Waals surface area contributed by atoms with Gasteiger partial charge in [0.05, 0.1) is 6.42 Å². The van der Waals surface area contributed by atoms with Crippen LogP contribution in [0.5, 0.6) is 0 Å². The summed E-state index contributed by atoms with van der Waals surface area (Å²) >= 11 is 0. The highest BCUT2D eigenvalue weighted by atomic mass is 33.1. The molecule has 4 nitrogen and oxygen atoms in total. The molecule has 1 N–H and O–H groups in total. The Morgan fingerprint density at radius 1 is 1.57 bits per heavy atom. The summed E-state index contributed by atoms with van der Waals surface area (Å²) in [5, 5.41) is 20.1. The second kappa shape index (κ2) is 5.77. The van der Waals surface area contributed by atoms with Crippen LogP contribution < -0.4 is 4.73 Å². The monoisotopic (exact) mass is 231 g/mol. The van der Waals surface area contributed by atoms with Gasteiger partial charge < -0.3 is 10.3 Å². The lowest BCUT2D eigenvalue weighted by atomic mass is 10.5. The van der Waals surface area contributed by atoms with E-state index in [1.807, 2.05) is 0 Å². The first-order chi connectivity index (χ1) is 6.70. The van der Waals surface area contributed by atoms with Gasteiger partial charge in [-0.25, -0.2) is 0 Å². The fourth-order valence-corrected chi connectivity index (χ4v) is 2.69. The summed E-state index contributed by atoms with van der Waals surface area (Å²) < 4.78 is 0.762. The van der Waals surface area contributed by atoms with E-state index in [1.165, 1.54) is 27.8 Å². The van der Waals surface area contributed by atoms with Gasteiger partial charge in [-0.2, -0.15) is 4.73 Å². The van der Waals surface area contributed by atoms with Crippen molar-refractivity contribution < 1.29 is 14.6 Å². The second-order valence-electron chi connectivity index (χ2n) is 2.41. The maximum atomic E-state index is 11.1. The van der Waals surface area contributed by atoms with Crippen LogP contribution in [0, 0.1) is 5.21 Å². The molecular formula is C8H9NO3S2. The van der Waals surface area contributed by atoms with E-state index in [4.69, 9.17) is 5.11 Å². The van der Waals surface area contributed by atoms with E-state index in [2.05, 4.69) is 0 Å². The lowest BCUT2D eigenvalue weighted by Gasteiger charge is -2.01. The normalized spacial score (nSPS) is 10.0. The molecule has 0 radical (unpaired) electrons. The Balaban J connectivity index is 2.31. The van der Waals surface area contributed by atoms with E-state index in [0.717, 1.165) is 4.73 Å². The first kappa shape index (κ1) is 11.2. The highest BCUT2D eigenvalue weighted by Crippen LogP contribution is 2.28. The summed E-state index contributed by atoms with van der Waals surface area (Å²) in [6, 6.07) is 5.12. The zero-order valence-electron chi connectivity index (χ0n) is 7.25. The third kappa shape index (κ3) is 3.89. The van der Waals surface area contributed by atoms with E-state index >= 15 is 0 Å². The third-order valence-electron chi connectivity index (χ3n) is 1.33. The van der Waals surface area contributed by atoms with Gasteiger partial charge in [-0.1, -0.05) is 10.8 Å². The maximum absolute atomic E-state index is 11.1. The number of nitrogens with zero attached hydrogens (tertiary/aromatic N) is 1. The SMILES string of the molecule is O=C(O)CCSSc1cccc[n+]1[O-]. The minimum absolute atomic E-state index is 0.114. The topological polar surface area (TPSA) is 64.2 Å². The molecule has 0 unspecified atom stereocenters. The van der Waals surface area contributed by atoms with E-state index in [1.54, 1.807) is 18.2 Å². The van der Waals surface area contributed by atoms with Crippen LogP contribution in [-0.2, 0) is 4.79 Å². The number of hydrogen-bond donors (Lipinski definition) is 1. The summed E-state index contributed by atoms with van der Waals surface area (Å²) in [6.07, 6.45) is 1.53. The quantitative estimate of drug-likeness (QED) is 0.360. The van der Waals surface area contributed by atoms with Gasteiger partial charge in [-0.15, -0.1) is 0 Å². The molecule has 1 heterocycles. The van der Waals surface area contributed by atoms with Crippen molar-refractivity contribution in [1.82, 2.24) is 0 Å². The van der Waals surface area contributed by atoms with E-state index in [-0.39, 0.29) is 6.42 Å². The number of rotatable bonds is 5. The zero-order valence-corrected chi connectivity index (χ0v) is 8.88. The zero-order chi connectivity index (χ0) is 10.4. The van der Waals surface area contributed by atoms with Crippen molar-refractivity contribution in [3.8, 4) is 0 Å². The molecule has 0 saturated carbocycles. The first-order valence-corrected chi connectivity index (χ1v) is 6.21. The predicted molar refractivity (Wildman–Crippen MR) is 56.0 cm³/mol. The lowest BCUT2D eigenvalue weighted by Crippen LogP contribution is -2.27. The molecule has 0 spiro atoms. The Kier molecular flexibility index (Phi) is 4.61.